The minimum absolute atomic E-state index is 0.0936. The number of carbonyl (C=O) groups is 1. The quantitative estimate of drug-likeness (QED) is 0.758. The number of ether oxygens (including phenoxy) is 2. The number of carbonyl (C=O) groups excluding carboxylic acids is 1. The van der Waals surface area contributed by atoms with Crippen LogP contribution in [-0.4, -0.2) is 32.2 Å². The van der Waals surface area contributed by atoms with Crippen LogP contribution in [0, 0.1) is 5.92 Å². The predicted molar refractivity (Wildman–Crippen MR) is 91.0 cm³/mol. The first-order chi connectivity index (χ1) is 11.2. The highest BCUT2D eigenvalue weighted by molar-refractivity contribution is 5.95. The molecule has 1 aliphatic rings. The smallest absolute Gasteiger partial charge is 0.251 e. The molecule has 0 radical (unpaired) electrons. The average molecular weight is 318 g/mol. The van der Waals surface area contributed by atoms with Crippen LogP contribution in [0.15, 0.2) is 30.9 Å². The second-order valence-electron chi connectivity index (χ2n) is 5.83. The molecule has 5 nitrogen and oxygen atoms in total. The summed E-state index contributed by atoms with van der Waals surface area (Å²) in [6, 6.07) is 5.35. The van der Waals surface area contributed by atoms with Crippen LogP contribution in [0.1, 0.15) is 36.0 Å². The van der Waals surface area contributed by atoms with Gasteiger partial charge in [0.05, 0.1) is 7.11 Å². The Morgan fingerprint density at radius 1 is 1.39 bits per heavy atom. The Bertz CT molecular complexity index is 545. The van der Waals surface area contributed by atoms with Gasteiger partial charge in [-0.2, -0.15) is 0 Å². The molecule has 3 N–H and O–H groups in total. The lowest BCUT2D eigenvalue weighted by Gasteiger charge is -2.31. The van der Waals surface area contributed by atoms with Gasteiger partial charge in [-0.15, -0.1) is 0 Å². The highest BCUT2D eigenvalue weighted by atomic mass is 16.5. The summed E-state index contributed by atoms with van der Waals surface area (Å²) < 4.78 is 10.8. The van der Waals surface area contributed by atoms with Crippen molar-refractivity contribution in [3.05, 3.63) is 36.4 Å². The lowest BCUT2D eigenvalue weighted by Crippen LogP contribution is -2.44. The zero-order valence-corrected chi connectivity index (χ0v) is 13.7. The van der Waals surface area contributed by atoms with Crippen LogP contribution < -0.4 is 20.5 Å². The van der Waals surface area contributed by atoms with E-state index in [2.05, 4.69) is 11.9 Å². The van der Waals surface area contributed by atoms with Gasteiger partial charge in [0.25, 0.3) is 5.91 Å². The third kappa shape index (κ3) is 4.48. The van der Waals surface area contributed by atoms with Gasteiger partial charge in [-0.1, -0.05) is 25.5 Å². The first kappa shape index (κ1) is 17.3. The zero-order chi connectivity index (χ0) is 16.7. The maximum absolute atomic E-state index is 12.5. The summed E-state index contributed by atoms with van der Waals surface area (Å²) in [5.74, 6) is 1.41. The van der Waals surface area contributed by atoms with Crippen LogP contribution in [-0.2, 0) is 0 Å². The molecule has 0 heterocycles. The fraction of sp³-hybridized carbons (Fsp3) is 0.500. The molecular formula is C18H26N2O3. The second-order valence-corrected chi connectivity index (χ2v) is 5.83. The minimum atomic E-state index is -0.0936. The van der Waals surface area contributed by atoms with E-state index in [0.717, 1.165) is 19.3 Å². The van der Waals surface area contributed by atoms with Gasteiger partial charge in [-0.25, -0.2) is 0 Å². The van der Waals surface area contributed by atoms with E-state index in [1.54, 1.807) is 31.4 Å². The van der Waals surface area contributed by atoms with Gasteiger partial charge in [0.1, 0.15) is 6.61 Å². The summed E-state index contributed by atoms with van der Waals surface area (Å²) in [5.41, 5.74) is 6.39. The van der Waals surface area contributed by atoms with Crippen LogP contribution in [0.25, 0.3) is 0 Å². The number of hydrogen-bond donors (Lipinski definition) is 2. The Balaban J connectivity index is 2.07. The molecule has 2 unspecified atom stereocenters. The van der Waals surface area contributed by atoms with Crippen LogP contribution in [0.5, 0.6) is 11.5 Å². The molecule has 1 aromatic carbocycles. The first-order valence-corrected chi connectivity index (χ1v) is 8.12. The zero-order valence-electron chi connectivity index (χ0n) is 13.7. The molecule has 1 fully saturated rings. The highest BCUT2D eigenvalue weighted by Gasteiger charge is 2.25. The largest absolute Gasteiger partial charge is 0.493 e. The van der Waals surface area contributed by atoms with Crippen molar-refractivity contribution in [1.82, 2.24) is 5.32 Å². The topological polar surface area (TPSA) is 73.6 Å². The SMILES string of the molecule is C=CCOc1ccc(C(=O)NC2CCCCC2CN)cc1OC. The number of rotatable bonds is 7. The number of nitrogens with two attached hydrogens (primary N) is 1. The standard InChI is InChI=1S/C18H26N2O3/c1-3-10-23-16-9-8-13(11-17(16)22-2)18(21)20-15-7-5-4-6-14(15)12-19/h3,8-9,11,14-15H,1,4-7,10,12,19H2,2H3,(H,20,21). The third-order valence-electron chi connectivity index (χ3n) is 4.31. The summed E-state index contributed by atoms with van der Waals surface area (Å²) in [7, 11) is 1.56. The second kappa shape index (κ2) is 8.58. The molecular weight excluding hydrogens is 292 g/mol. The van der Waals surface area contributed by atoms with E-state index < -0.39 is 0 Å². The Kier molecular flexibility index (Phi) is 6.47. The maximum Gasteiger partial charge on any atom is 0.251 e. The van der Waals surface area contributed by atoms with E-state index in [1.165, 1.54) is 6.42 Å². The summed E-state index contributed by atoms with van der Waals surface area (Å²) in [6.45, 7) is 4.62. The maximum atomic E-state index is 12.5. The fourth-order valence-electron chi connectivity index (χ4n) is 3.01. The Labute approximate surface area is 137 Å². The molecule has 1 aliphatic carbocycles. The van der Waals surface area contributed by atoms with Crippen molar-refractivity contribution in [3.63, 3.8) is 0 Å². The number of benzene rings is 1. The normalized spacial score (nSPS) is 20.6. The first-order valence-electron chi connectivity index (χ1n) is 8.12. The van der Waals surface area contributed by atoms with Gasteiger partial charge in [0.15, 0.2) is 11.5 Å². The number of hydrogen-bond acceptors (Lipinski definition) is 4. The summed E-state index contributed by atoms with van der Waals surface area (Å²) >= 11 is 0. The van der Waals surface area contributed by atoms with Gasteiger partial charge >= 0.3 is 0 Å². The van der Waals surface area contributed by atoms with Crippen molar-refractivity contribution in [2.45, 2.75) is 31.7 Å². The van der Waals surface area contributed by atoms with E-state index >= 15 is 0 Å². The molecule has 5 heteroatoms. The van der Waals surface area contributed by atoms with Crippen LogP contribution in [0.3, 0.4) is 0 Å². The van der Waals surface area contributed by atoms with Gasteiger partial charge < -0.3 is 20.5 Å². The molecule has 23 heavy (non-hydrogen) atoms. The minimum Gasteiger partial charge on any atom is -0.493 e. The number of methoxy groups -OCH3 is 1. The number of nitrogens with one attached hydrogen (secondary N) is 1. The van der Waals surface area contributed by atoms with E-state index in [-0.39, 0.29) is 11.9 Å². The Morgan fingerprint density at radius 2 is 2.17 bits per heavy atom. The van der Waals surface area contributed by atoms with Crippen molar-refractivity contribution < 1.29 is 14.3 Å². The average Bonchev–Trinajstić information content (AvgIpc) is 2.60. The lowest BCUT2D eigenvalue weighted by molar-refractivity contribution is 0.0907. The number of amides is 1. The van der Waals surface area contributed by atoms with Gasteiger partial charge in [0, 0.05) is 11.6 Å². The highest BCUT2D eigenvalue weighted by Crippen LogP contribution is 2.29. The van der Waals surface area contributed by atoms with Crippen LogP contribution >= 0.6 is 0 Å². The van der Waals surface area contributed by atoms with Crippen molar-refractivity contribution in [3.8, 4) is 11.5 Å². The molecule has 0 saturated heterocycles. The molecule has 0 aromatic heterocycles. The van der Waals surface area contributed by atoms with Crippen molar-refractivity contribution >= 4 is 5.91 Å². The van der Waals surface area contributed by atoms with Crippen LogP contribution in [0.2, 0.25) is 0 Å². The summed E-state index contributed by atoms with van der Waals surface area (Å²) in [4.78, 5) is 12.5. The van der Waals surface area contributed by atoms with E-state index in [1.807, 2.05) is 0 Å². The van der Waals surface area contributed by atoms with Crippen molar-refractivity contribution in [1.29, 1.82) is 0 Å². The van der Waals surface area contributed by atoms with Gasteiger partial charge in [0.2, 0.25) is 0 Å². The molecule has 0 spiro atoms. The Hall–Kier alpha value is -2.01. The van der Waals surface area contributed by atoms with Gasteiger partial charge in [-0.05, 0) is 43.5 Å². The van der Waals surface area contributed by atoms with E-state index in [4.69, 9.17) is 15.2 Å². The molecule has 2 rings (SSSR count). The summed E-state index contributed by atoms with van der Waals surface area (Å²) in [6.07, 6.45) is 6.07. The molecule has 2 atom stereocenters. The summed E-state index contributed by atoms with van der Waals surface area (Å²) in [5, 5.41) is 3.12. The molecule has 126 valence electrons. The van der Waals surface area contributed by atoms with Crippen molar-refractivity contribution in [2.24, 2.45) is 11.7 Å². The third-order valence-corrected chi connectivity index (χ3v) is 4.31. The fourth-order valence-corrected chi connectivity index (χ4v) is 3.01. The molecule has 0 bridgehead atoms. The van der Waals surface area contributed by atoms with E-state index in [0.29, 0.717) is 36.1 Å². The van der Waals surface area contributed by atoms with Gasteiger partial charge in [-0.3, -0.25) is 4.79 Å². The van der Waals surface area contributed by atoms with Crippen LogP contribution in [0.4, 0.5) is 0 Å². The molecule has 1 aromatic rings. The molecule has 1 amide bonds. The van der Waals surface area contributed by atoms with Crippen molar-refractivity contribution in [2.75, 3.05) is 20.3 Å². The monoisotopic (exact) mass is 318 g/mol. The molecule has 0 aliphatic heterocycles. The molecule has 1 saturated carbocycles. The Morgan fingerprint density at radius 3 is 2.87 bits per heavy atom. The van der Waals surface area contributed by atoms with E-state index in [9.17, 15) is 4.79 Å². The lowest BCUT2D eigenvalue weighted by atomic mass is 9.84. The predicted octanol–water partition coefficient (Wildman–Crippen LogP) is 2.51.